The van der Waals surface area contributed by atoms with Gasteiger partial charge >= 0.3 is 24.1 Å². The summed E-state index contributed by atoms with van der Waals surface area (Å²) in [6.45, 7) is 13.7. The van der Waals surface area contributed by atoms with Gasteiger partial charge in [0.25, 0.3) is 62.3 Å². The van der Waals surface area contributed by atoms with E-state index in [1.54, 1.807) is 88.4 Å². The third kappa shape index (κ3) is 24.0. The van der Waals surface area contributed by atoms with Gasteiger partial charge in [0, 0.05) is 78.5 Å². The number of rotatable bonds is 22. The number of likely N-dealkylation sites (tertiary alicyclic amines) is 1. The number of nitrogens with zero attached hydrogens (tertiary/aromatic N) is 12. The van der Waals surface area contributed by atoms with Crippen LogP contribution in [0.3, 0.4) is 0 Å². The maximum Gasteiger partial charge on any atom is 0.333 e. The van der Waals surface area contributed by atoms with Gasteiger partial charge in [0.05, 0.1) is 96.8 Å². The van der Waals surface area contributed by atoms with E-state index in [0.717, 1.165) is 157 Å². The van der Waals surface area contributed by atoms with E-state index in [2.05, 4.69) is 66.7 Å². The maximum absolute atomic E-state index is 15.2. The fourth-order valence-corrected chi connectivity index (χ4v) is 25.9. The molecule has 20 rings (SSSR count). The highest BCUT2D eigenvalue weighted by Crippen LogP contribution is 2.35. The van der Waals surface area contributed by atoms with Gasteiger partial charge < -0.3 is 46.4 Å². The smallest absolute Gasteiger partial charge is 0.333 e. The number of halogens is 8. The summed E-state index contributed by atoms with van der Waals surface area (Å²) >= 11 is 26.2. The Bertz CT molecular complexity index is 9060. The molecule has 8 aromatic carbocycles. The minimum atomic E-state index is -4.15. The number of anilines is 6. The van der Waals surface area contributed by atoms with Gasteiger partial charge in [-0.05, 0) is 248 Å². The summed E-state index contributed by atoms with van der Waals surface area (Å²) in [6, 6.07) is 39.9. The second-order valence-corrected chi connectivity index (χ2v) is 47.9. The fraction of sp³-hybridized carbons (Fsp3) is 0.179. The van der Waals surface area contributed by atoms with Crippen molar-refractivity contribution < 1.29 is 75.1 Å². The molecule has 8 amide bonds. The first-order chi connectivity index (χ1) is 71.4. The number of aromatic nitrogens is 8. The van der Waals surface area contributed by atoms with Crippen molar-refractivity contribution in [3.63, 3.8) is 0 Å². The van der Waals surface area contributed by atoms with Crippen LogP contribution in [0.2, 0.25) is 17.3 Å². The molecule has 8 aromatic heterocycles. The number of urea groups is 4. The molecule has 0 unspecified atom stereocenters. The summed E-state index contributed by atoms with van der Waals surface area (Å²) in [7, 11) is -14.6. The molecular weight excluding hydrogens is 2200 g/mol. The molecule has 39 nitrogen and oxygen atoms in total. The van der Waals surface area contributed by atoms with Crippen LogP contribution in [0.5, 0.6) is 0 Å². The first-order valence-electron chi connectivity index (χ1n) is 44.7. The average molecular weight is 2280 g/mol. The predicted octanol–water partition coefficient (Wildman–Crippen LogP) is 16.2. The minimum Gasteiger partial charge on any atom is -0.476 e. The lowest BCUT2D eigenvalue weighted by Gasteiger charge is -2.16. The number of amidine groups is 1. The Morgan fingerprint density at radius 3 is 1.09 bits per heavy atom. The number of aryl methyl sites for hydroxylation is 4. The summed E-state index contributed by atoms with van der Waals surface area (Å²) in [4.78, 5) is 133. The van der Waals surface area contributed by atoms with Crippen molar-refractivity contribution in [2.45, 2.75) is 63.8 Å². The first kappa shape index (κ1) is 107. The highest BCUT2D eigenvalue weighted by molar-refractivity contribution is 7.93. The van der Waals surface area contributed by atoms with E-state index in [-0.39, 0.29) is 103 Å². The molecule has 0 bridgehead atoms. The van der Waals surface area contributed by atoms with Crippen LogP contribution in [0.1, 0.15) is 52.8 Å². The largest absolute Gasteiger partial charge is 0.476 e. The molecule has 55 heteroatoms. The lowest BCUT2D eigenvalue weighted by atomic mass is 10.1. The van der Waals surface area contributed by atoms with Gasteiger partial charge in [0.1, 0.15) is 75.8 Å². The Kier molecular flexibility index (Phi) is 31.5. The summed E-state index contributed by atoms with van der Waals surface area (Å²) in [5.41, 5.74) is 4.07. The highest BCUT2D eigenvalue weighted by Gasteiger charge is 2.30. The fourth-order valence-electron chi connectivity index (χ4n) is 16.4. The van der Waals surface area contributed by atoms with Crippen molar-refractivity contribution in [1.82, 2.24) is 66.9 Å². The normalized spacial score (nSPS) is 13.5. The summed E-state index contributed by atoms with van der Waals surface area (Å²) < 4.78 is 177. The third-order valence-corrected chi connectivity index (χ3v) is 35.4. The van der Waals surface area contributed by atoms with Crippen LogP contribution < -0.4 is 73.0 Å². The van der Waals surface area contributed by atoms with E-state index in [0.29, 0.717) is 75.2 Å². The van der Waals surface area contributed by atoms with Gasteiger partial charge in [-0.1, -0.05) is 52.5 Å². The SMILES string of the molecule is Cc1nc2cc(C3=NCCN3C)ccc2c(=O)n1-c1ccc(NC(=O)NS(=O)(=O)c2ccc(Cl)s2)cc1F.Cc1nc2cc(C3=NCCO3)ccc2c(=O)n1-c1ccc(NC(=O)NS(=O)(=O)c2ccc(Cl)s2)cc1F.Cc1nc2cc(NCCN3CCCC3)ccc2c(=O)n1-c1ccc(NC(=O)NS(=O)(=O)c2ccc(Cl)s2)cc1F.Cc1nc2cc3c(cc2c(=O)n1-c1ccc(NC(=O)NS(=O)(=O)c2ccc(Cl)s2)cc1F)CCN3. The number of benzene rings is 8. The molecule has 0 atom stereocenters. The van der Waals surface area contributed by atoms with Crippen LogP contribution in [-0.4, -0.2) is 184 Å². The minimum absolute atomic E-state index is 0.00786. The van der Waals surface area contributed by atoms with Gasteiger partial charge in [-0.25, -0.2) is 114 Å². The number of sulfonamides is 4. The second-order valence-electron chi connectivity index (χ2n) is 33.4. The molecule has 4 aliphatic heterocycles. The second kappa shape index (κ2) is 44.3. The summed E-state index contributed by atoms with van der Waals surface area (Å²) in [6.07, 6.45) is 3.25. The summed E-state index contributed by atoms with van der Waals surface area (Å²) in [5.74, 6) is -0.883. The van der Waals surface area contributed by atoms with Crippen molar-refractivity contribution in [3.05, 3.63) is 310 Å². The Morgan fingerprint density at radius 1 is 0.400 bits per heavy atom. The monoisotopic (exact) mass is 2270 g/mol. The molecule has 10 N–H and O–H groups in total. The number of thiophene rings is 4. The molecule has 1 fully saturated rings. The molecule has 12 heterocycles. The standard InChI is InChI=1S/C26H26ClFN6O4S2.C24H20ClFN6O4S2.C23H17ClFN5O5S2.C22H17ClFN5O4S2/c1-16-30-21-15-17(29-10-13-33-11-2-3-12-33)4-6-19(21)25(35)34(16)22-7-5-18(14-20(22)28)31-26(36)32-40(37,38)24-9-8-23(27)39-24;1-13-28-18-11-14(22-27-9-10-31(22)2)3-5-16(18)23(33)32(13)19-6-4-15(12-17(19)26)29-24(34)30-38(35,36)21-8-7-20(25)37-21;1-12-27-17-10-13(21-26-8-9-35-21)2-4-15(17)22(31)30(12)18-5-3-14(11-16(18)25)28-23(32)29-37(33,34)20-7-6-19(24)36-20;1-11-26-17-10-16-12(6-7-25-16)8-14(17)21(30)29(11)18-3-2-13(9-15(18)24)27-22(31)28-35(32,33)20-5-4-19(23)34-20/h4-9,14-15,29H,2-3,10-13H2,1H3,(H2,31,32,36);3-8,11-12H,9-10H2,1-2H3,(H2,29,30,34);2-7,10-11H,8-9H2,1H3,(H2,28,29,32);2-5,8-10,25H,6-7H2,1H3,(H2,27,28,31). The molecule has 0 saturated carbocycles. The van der Waals surface area contributed by atoms with Gasteiger partial charge in [-0.3, -0.25) is 42.4 Å². The lowest BCUT2D eigenvalue weighted by molar-refractivity contribution is 0.255. The third-order valence-electron chi connectivity index (χ3n) is 23.1. The van der Waals surface area contributed by atoms with Gasteiger partial charge in [-0.2, -0.15) is 0 Å². The Hall–Kier alpha value is -14.6. The van der Waals surface area contributed by atoms with Crippen molar-refractivity contribution in [2.24, 2.45) is 9.98 Å². The number of ether oxygens (including phenoxy) is 1. The number of nitrogens with one attached hydrogen (secondary N) is 10. The number of amides is 8. The highest BCUT2D eigenvalue weighted by atomic mass is 35.5. The molecule has 776 valence electrons. The van der Waals surface area contributed by atoms with Crippen LogP contribution in [0.4, 0.5) is 70.9 Å². The molecule has 1 saturated heterocycles. The first-order valence-corrected chi connectivity index (χ1v) is 55.5. The van der Waals surface area contributed by atoms with E-state index in [1.807, 2.05) is 36.9 Å². The van der Waals surface area contributed by atoms with Gasteiger partial charge in [0.2, 0.25) is 5.90 Å². The zero-order valence-electron chi connectivity index (χ0n) is 78.5. The van der Waals surface area contributed by atoms with Crippen molar-refractivity contribution in [3.8, 4) is 22.7 Å². The molecule has 4 aliphatic rings. The number of aliphatic imine (C=N–C) groups is 2. The van der Waals surface area contributed by atoms with Crippen LogP contribution in [0.25, 0.3) is 66.4 Å². The van der Waals surface area contributed by atoms with Crippen LogP contribution in [-0.2, 0) is 51.3 Å². The van der Waals surface area contributed by atoms with Gasteiger partial charge in [0.15, 0.2) is 0 Å². The summed E-state index contributed by atoms with van der Waals surface area (Å²) in [5, 5.41) is 17.0. The van der Waals surface area contributed by atoms with E-state index < -0.39 is 110 Å². The number of likely N-dealkylation sites (N-methyl/N-ethyl adjacent to an activating group) is 1. The number of hydrogen-bond donors (Lipinski definition) is 10. The van der Waals surface area contributed by atoms with Gasteiger partial charge in [-0.15, -0.1) is 45.3 Å². The van der Waals surface area contributed by atoms with Crippen molar-refractivity contribution in [1.29, 1.82) is 0 Å². The zero-order chi connectivity index (χ0) is 107. The quantitative estimate of drug-likeness (QED) is 0.0282. The lowest BCUT2D eigenvalue weighted by Crippen LogP contribution is -2.34. The molecule has 0 radical (unpaired) electrons. The van der Waals surface area contributed by atoms with E-state index >= 15 is 17.6 Å². The van der Waals surface area contributed by atoms with E-state index in [1.165, 1.54) is 114 Å². The number of fused-ring (bicyclic) bond motifs is 5. The molecule has 16 aromatic rings. The van der Waals surface area contributed by atoms with Crippen LogP contribution in [0.15, 0.2) is 234 Å². The Morgan fingerprint density at radius 2 is 0.747 bits per heavy atom. The molecule has 150 heavy (non-hydrogen) atoms. The average Bonchev–Trinajstić information content (AvgIpc) is 1.35. The maximum atomic E-state index is 15.2. The van der Waals surface area contributed by atoms with Crippen LogP contribution >= 0.6 is 91.8 Å². The zero-order valence-corrected chi connectivity index (χ0v) is 88.0. The number of carbonyl (C=O) groups is 4. The van der Waals surface area contributed by atoms with Crippen molar-refractivity contribution in [2.75, 3.05) is 97.9 Å². The van der Waals surface area contributed by atoms with Crippen molar-refractivity contribution >= 4 is 245 Å². The van der Waals surface area contributed by atoms with E-state index in [9.17, 15) is 72.0 Å². The topological polar surface area (TPSA) is 505 Å². The molecule has 0 spiro atoms. The number of carbonyl (C=O) groups excluding carboxylic acids is 4. The molecule has 0 aliphatic carbocycles. The predicted molar refractivity (Wildman–Crippen MR) is 571 cm³/mol. The number of hydrogen-bond acceptors (Lipinski definition) is 31. The van der Waals surface area contributed by atoms with E-state index in [4.69, 9.17) is 51.1 Å². The Balaban J connectivity index is 0.000000136. The Labute approximate surface area is 884 Å². The van der Waals surface area contributed by atoms with Crippen LogP contribution in [0, 0.1) is 51.0 Å². The molecular formula is C95H80Cl4F4N22O17S8.